The molecule has 3 rings (SSSR count). The van der Waals surface area contributed by atoms with E-state index in [1.54, 1.807) is 30.5 Å². The maximum absolute atomic E-state index is 10.8. The van der Waals surface area contributed by atoms with Gasteiger partial charge in [-0.1, -0.05) is 42.0 Å². The molecule has 4 heteroatoms. The largest absolute Gasteiger partial charge is 0.487 e. The van der Waals surface area contributed by atoms with Crippen LogP contribution in [0.25, 0.3) is 11.3 Å². The lowest BCUT2D eigenvalue weighted by molar-refractivity contribution is 0.0697. The molecular weight excluding hydrogens is 302 g/mol. The molecule has 1 aromatic heterocycles. The summed E-state index contributed by atoms with van der Waals surface area (Å²) in [5, 5.41) is 8.88. The molecule has 3 aromatic rings. The normalized spacial score (nSPS) is 10.4. The van der Waals surface area contributed by atoms with Crippen LogP contribution < -0.4 is 4.74 Å². The average molecular weight is 319 g/mol. The number of pyridine rings is 1. The van der Waals surface area contributed by atoms with E-state index in [0.29, 0.717) is 12.4 Å². The van der Waals surface area contributed by atoms with E-state index in [1.807, 2.05) is 24.3 Å². The van der Waals surface area contributed by atoms with Crippen molar-refractivity contribution in [1.82, 2.24) is 4.98 Å². The Kier molecular flexibility index (Phi) is 4.57. The maximum atomic E-state index is 10.8. The quantitative estimate of drug-likeness (QED) is 0.760. The number of aryl methyl sites for hydroxylation is 1. The Morgan fingerprint density at radius 3 is 2.29 bits per heavy atom. The fourth-order valence-corrected chi connectivity index (χ4v) is 2.27. The highest BCUT2D eigenvalue weighted by atomic mass is 16.5. The molecule has 0 aliphatic rings. The minimum absolute atomic E-state index is 0.267. The second-order valence-corrected chi connectivity index (χ2v) is 5.54. The van der Waals surface area contributed by atoms with Crippen LogP contribution in [-0.4, -0.2) is 16.1 Å². The van der Waals surface area contributed by atoms with Gasteiger partial charge in [0.15, 0.2) is 0 Å². The SMILES string of the molecule is Cc1ccc(-c2ccc(OCc3ccc(C(=O)O)cc3)cn2)cc1. The molecule has 0 atom stereocenters. The van der Waals surface area contributed by atoms with Gasteiger partial charge < -0.3 is 9.84 Å². The van der Waals surface area contributed by atoms with E-state index >= 15 is 0 Å². The highest BCUT2D eigenvalue weighted by molar-refractivity contribution is 5.87. The van der Waals surface area contributed by atoms with Gasteiger partial charge in [-0.3, -0.25) is 4.98 Å². The van der Waals surface area contributed by atoms with Crippen molar-refractivity contribution in [2.24, 2.45) is 0 Å². The molecule has 0 saturated heterocycles. The van der Waals surface area contributed by atoms with E-state index in [2.05, 4.69) is 24.0 Å². The number of aromatic carboxylic acids is 1. The lowest BCUT2D eigenvalue weighted by atomic mass is 10.1. The molecule has 0 unspecified atom stereocenters. The number of benzene rings is 2. The lowest BCUT2D eigenvalue weighted by Crippen LogP contribution is -1.99. The summed E-state index contributed by atoms with van der Waals surface area (Å²) in [7, 11) is 0. The Morgan fingerprint density at radius 1 is 1.00 bits per heavy atom. The van der Waals surface area contributed by atoms with Crippen molar-refractivity contribution >= 4 is 5.97 Å². The summed E-state index contributed by atoms with van der Waals surface area (Å²) >= 11 is 0. The summed E-state index contributed by atoms with van der Waals surface area (Å²) in [5.74, 6) is -0.258. The number of hydrogen-bond donors (Lipinski definition) is 1. The monoisotopic (exact) mass is 319 g/mol. The van der Waals surface area contributed by atoms with Crippen LogP contribution in [0, 0.1) is 6.92 Å². The predicted molar refractivity (Wildman–Crippen MR) is 92.1 cm³/mol. The third-order valence-corrected chi connectivity index (χ3v) is 3.69. The minimum atomic E-state index is -0.932. The highest BCUT2D eigenvalue weighted by Gasteiger charge is 2.03. The predicted octanol–water partition coefficient (Wildman–Crippen LogP) is 4.33. The van der Waals surface area contributed by atoms with Crippen LogP contribution in [0.1, 0.15) is 21.5 Å². The van der Waals surface area contributed by atoms with E-state index in [1.165, 1.54) is 5.56 Å². The van der Waals surface area contributed by atoms with Crippen molar-refractivity contribution in [1.29, 1.82) is 0 Å². The van der Waals surface area contributed by atoms with Gasteiger partial charge >= 0.3 is 5.97 Å². The van der Waals surface area contributed by atoms with Gasteiger partial charge in [-0.2, -0.15) is 0 Å². The van der Waals surface area contributed by atoms with Crippen LogP contribution in [0.3, 0.4) is 0 Å². The smallest absolute Gasteiger partial charge is 0.335 e. The molecule has 4 nitrogen and oxygen atoms in total. The molecule has 2 aromatic carbocycles. The minimum Gasteiger partial charge on any atom is -0.487 e. The van der Waals surface area contributed by atoms with Gasteiger partial charge in [-0.25, -0.2) is 4.79 Å². The summed E-state index contributed by atoms with van der Waals surface area (Å²) in [5.41, 5.74) is 4.35. The Labute approximate surface area is 140 Å². The zero-order chi connectivity index (χ0) is 16.9. The van der Waals surface area contributed by atoms with Crippen LogP contribution in [-0.2, 0) is 6.61 Å². The van der Waals surface area contributed by atoms with Crippen LogP contribution in [0.5, 0.6) is 5.75 Å². The third kappa shape index (κ3) is 3.79. The second-order valence-electron chi connectivity index (χ2n) is 5.54. The van der Waals surface area contributed by atoms with E-state index < -0.39 is 5.97 Å². The molecule has 0 saturated carbocycles. The molecule has 0 fully saturated rings. The van der Waals surface area contributed by atoms with Gasteiger partial charge in [-0.15, -0.1) is 0 Å². The highest BCUT2D eigenvalue weighted by Crippen LogP contribution is 2.20. The topological polar surface area (TPSA) is 59.4 Å². The fraction of sp³-hybridized carbons (Fsp3) is 0.100. The third-order valence-electron chi connectivity index (χ3n) is 3.69. The molecule has 0 aliphatic heterocycles. The first-order chi connectivity index (χ1) is 11.6. The van der Waals surface area contributed by atoms with Crippen molar-refractivity contribution in [3.63, 3.8) is 0 Å². The Hall–Kier alpha value is -3.14. The summed E-state index contributed by atoms with van der Waals surface area (Å²) in [4.78, 5) is 15.2. The standard InChI is InChI=1S/C20H17NO3/c1-14-2-6-16(7-3-14)19-11-10-18(12-21-19)24-13-15-4-8-17(9-5-15)20(22)23/h2-12H,13H2,1H3,(H,22,23). The first kappa shape index (κ1) is 15.7. The van der Waals surface area contributed by atoms with Gasteiger partial charge in [0.2, 0.25) is 0 Å². The van der Waals surface area contributed by atoms with E-state index in [9.17, 15) is 4.79 Å². The van der Waals surface area contributed by atoms with E-state index in [0.717, 1.165) is 16.8 Å². The molecule has 1 heterocycles. The van der Waals surface area contributed by atoms with E-state index in [-0.39, 0.29) is 5.56 Å². The van der Waals surface area contributed by atoms with Crippen molar-refractivity contribution in [3.05, 3.63) is 83.6 Å². The number of nitrogens with zero attached hydrogens (tertiary/aromatic N) is 1. The number of hydrogen-bond acceptors (Lipinski definition) is 3. The Morgan fingerprint density at radius 2 is 1.71 bits per heavy atom. The van der Waals surface area contributed by atoms with Crippen LogP contribution in [0.15, 0.2) is 66.9 Å². The molecular formula is C20H17NO3. The Bertz CT molecular complexity index is 822. The fourth-order valence-electron chi connectivity index (χ4n) is 2.27. The van der Waals surface area contributed by atoms with Crippen molar-refractivity contribution in [2.45, 2.75) is 13.5 Å². The molecule has 120 valence electrons. The van der Waals surface area contributed by atoms with Gasteiger partial charge in [0, 0.05) is 5.56 Å². The Balaban J connectivity index is 1.63. The average Bonchev–Trinajstić information content (AvgIpc) is 2.61. The van der Waals surface area contributed by atoms with Gasteiger partial charge in [0.1, 0.15) is 12.4 Å². The van der Waals surface area contributed by atoms with Crippen molar-refractivity contribution < 1.29 is 14.6 Å². The summed E-state index contributed by atoms with van der Waals surface area (Å²) in [6.07, 6.45) is 1.70. The molecule has 0 aliphatic carbocycles. The van der Waals surface area contributed by atoms with Gasteiger partial charge in [-0.05, 0) is 36.8 Å². The summed E-state index contributed by atoms with van der Waals surface area (Å²) in [6.45, 7) is 2.42. The van der Waals surface area contributed by atoms with E-state index in [4.69, 9.17) is 9.84 Å². The number of rotatable bonds is 5. The van der Waals surface area contributed by atoms with Crippen molar-refractivity contribution in [2.75, 3.05) is 0 Å². The summed E-state index contributed by atoms with van der Waals surface area (Å²) in [6, 6.07) is 18.6. The molecule has 1 N–H and O–H groups in total. The summed E-state index contributed by atoms with van der Waals surface area (Å²) < 4.78 is 5.69. The van der Waals surface area contributed by atoms with Crippen molar-refractivity contribution in [3.8, 4) is 17.0 Å². The van der Waals surface area contributed by atoms with Crippen LogP contribution >= 0.6 is 0 Å². The first-order valence-electron chi connectivity index (χ1n) is 7.60. The number of carboxylic acids is 1. The number of aromatic nitrogens is 1. The molecule has 0 amide bonds. The number of carboxylic acid groups (broad SMARTS) is 1. The maximum Gasteiger partial charge on any atom is 0.335 e. The van der Waals surface area contributed by atoms with Gasteiger partial charge in [0.05, 0.1) is 17.5 Å². The molecule has 0 spiro atoms. The van der Waals surface area contributed by atoms with Gasteiger partial charge in [0.25, 0.3) is 0 Å². The first-order valence-corrected chi connectivity index (χ1v) is 7.60. The molecule has 0 radical (unpaired) electrons. The molecule has 24 heavy (non-hydrogen) atoms. The zero-order valence-electron chi connectivity index (χ0n) is 13.3. The molecule has 0 bridgehead atoms. The van der Waals surface area contributed by atoms with Crippen LogP contribution in [0.4, 0.5) is 0 Å². The lowest BCUT2D eigenvalue weighted by Gasteiger charge is -2.07. The second kappa shape index (κ2) is 6.96. The number of ether oxygens (including phenoxy) is 1. The van der Waals surface area contributed by atoms with Crippen LogP contribution in [0.2, 0.25) is 0 Å². The zero-order valence-corrected chi connectivity index (χ0v) is 13.3. The number of carbonyl (C=O) groups is 1.